The van der Waals surface area contributed by atoms with Gasteiger partial charge in [0.1, 0.15) is 0 Å². The molecule has 1 aliphatic rings. The van der Waals surface area contributed by atoms with Gasteiger partial charge in [0, 0.05) is 19.6 Å². The number of hydrogen-bond acceptors (Lipinski definition) is 4. The molecule has 21 heavy (non-hydrogen) atoms. The molecule has 1 amide bonds. The van der Waals surface area contributed by atoms with Crippen LogP contribution in [0.15, 0.2) is 0 Å². The van der Waals surface area contributed by atoms with Gasteiger partial charge in [-0.25, -0.2) is 0 Å². The van der Waals surface area contributed by atoms with Crippen LogP contribution in [-0.2, 0) is 19.8 Å². The van der Waals surface area contributed by atoms with Crippen LogP contribution in [0.5, 0.6) is 0 Å². The first-order valence-electron chi connectivity index (χ1n) is 6.96. The van der Waals surface area contributed by atoms with Crippen molar-refractivity contribution in [2.45, 2.75) is 26.7 Å². The van der Waals surface area contributed by atoms with Gasteiger partial charge in [0.25, 0.3) is 10.2 Å². The lowest BCUT2D eigenvalue weighted by Crippen LogP contribution is -2.49. The molecule has 0 aromatic rings. The molecular formula is C12H23N3O5S. The number of rotatable bonds is 7. The molecule has 1 fully saturated rings. The minimum absolute atomic E-state index is 0.0573. The smallest absolute Gasteiger partial charge is 0.307 e. The maximum Gasteiger partial charge on any atom is 0.307 e. The second-order valence-corrected chi connectivity index (χ2v) is 7.31. The molecule has 0 aliphatic carbocycles. The number of carboxylic acid groups (broad SMARTS) is 1. The van der Waals surface area contributed by atoms with Gasteiger partial charge in [0.15, 0.2) is 0 Å². The largest absolute Gasteiger partial charge is 0.481 e. The van der Waals surface area contributed by atoms with Crippen LogP contribution in [-0.4, -0.2) is 55.9 Å². The van der Waals surface area contributed by atoms with Crippen molar-refractivity contribution in [2.75, 3.05) is 26.2 Å². The summed E-state index contributed by atoms with van der Waals surface area (Å²) in [6.45, 7) is 4.22. The lowest BCUT2D eigenvalue weighted by molar-refractivity contribution is -0.142. The highest BCUT2D eigenvalue weighted by molar-refractivity contribution is 7.87. The highest BCUT2D eigenvalue weighted by Crippen LogP contribution is 2.18. The SMILES string of the molecule is CC(C)CNC(=O)CNS(=O)(=O)N1CCCC(C(=O)O)C1. The van der Waals surface area contributed by atoms with Crippen LogP contribution in [0.2, 0.25) is 0 Å². The second-order valence-electron chi connectivity index (χ2n) is 5.56. The summed E-state index contributed by atoms with van der Waals surface area (Å²) in [7, 11) is -3.82. The molecule has 0 spiro atoms. The lowest BCUT2D eigenvalue weighted by Gasteiger charge is -2.29. The summed E-state index contributed by atoms with van der Waals surface area (Å²) in [6, 6.07) is 0. The van der Waals surface area contributed by atoms with E-state index in [1.807, 2.05) is 13.8 Å². The van der Waals surface area contributed by atoms with Crippen LogP contribution in [0, 0.1) is 11.8 Å². The van der Waals surface area contributed by atoms with Crippen molar-refractivity contribution in [3.8, 4) is 0 Å². The third kappa shape index (κ3) is 5.98. The van der Waals surface area contributed by atoms with Crippen LogP contribution < -0.4 is 10.0 Å². The van der Waals surface area contributed by atoms with E-state index >= 15 is 0 Å². The molecule has 0 aromatic carbocycles. The summed E-state index contributed by atoms with van der Waals surface area (Å²) in [5.74, 6) is -1.81. The van der Waals surface area contributed by atoms with E-state index in [-0.39, 0.29) is 25.6 Å². The average Bonchev–Trinajstić information content (AvgIpc) is 2.43. The Morgan fingerprint density at radius 1 is 1.38 bits per heavy atom. The molecule has 1 rings (SSSR count). The van der Waals surface area contributed by atoms with Crippen molar-refractivity contribution >= 4 is 22.1 Å². The number of nitrogens with zero attached hydrogens (tertiary/aromatic N) is 1. The molecule has 0 aromatic heterocycles. The fraction of sp³-hybridized carbons (Fsp3) is 0.833. The number of aliphatic carboxylic acids is 1. The van der Waals surface area contributed by atoms with Crippen LogP contribution in [0.3, 0.4) is 0 Å². The normalized spacial score (nSPS) is 20.4. The summed E-state index contributed by atoms with van der Waals surface area (Å²) in [5.41, 5.74) is 0. The molecule has 1 saturated heterocycles. The van der Waals surface area contributed by atoms with Gasteiger partial charge in [-0.1, -0.05) is 13.8 Å². The van der Waals surface area contributed by atoms with E-state index in [1.54, 1.807) is 0 Å². The lowest BCUT2D eigenvalue weighted by atomic mass is 10.0. The zero-order valence-electron chi connectivity index (χ0n) is 12.3. The molecule has 1 unspecified atom stereocenters. The van der Waals surface area contributed by atoms with E-state index in [2.05, 4.69) is 10.0 Å². The van der Waals surface area contributed by atoms with Crippen molar-refractivity contribution in [3.05, 3.63) is 0 Å². The van der Waals surface area contributed by atoms with Crippen molar-refractivity contribution in [2.24, 2.45) is 11.8 Å². The van der Waals surface area contributed by atoms with E-state index in [1.165, 1.54) is 0 Å². The Labute approximate surface area is 125 Å². The molecular weight excluding hydrogens is 298 g/mol. The third-order valence-electron chi connectivity index (χ3n) is 3.20. The van der Waals surface area contributed by atoms with E-state index in [9.17, 15) is 18.0 Å². The fourth-order valence-corrected chi connectivity index (χ4v) is 3.23. The second kappa shape index (κ2) is 7.71. The van der Waals surface area contributed by atoms with Gasteiger partial charge in [0.05, 0.1) is 12.5 Å². The van der Waals surface area contributed by atoms with Gasteiger partial charge in [0.2, 0.25) is 5.91 Å². The van der Waals surface area contributed by atoms with E-state index in [0.29, 0.717) is 19.4 Å². The predicted octanol–water partition coefficient (Wildman–Crippen LogP) is -0.610. The summed E-state index contributed by atoms with van der Waals surface area (Å²) in [5, 5.41) is 11.6. The van der Waals surface area contributed by atoms with E-state index < -0.39 is 28.0 Å². The van der Waals surface area contributed by atoms with Gasteiger partial charge in [-0.3, -0.25) is 9.59 Å². The highest BCUT2D eigenvalue weighted by atomic mass is 32.2. The van der Waals surface area contributed by atoms with Gasteiger partial charge in [-0.05, 0) is 18.8 Å². The van der Waals surface area contributed by atoms with Gasteiger partial charge in [-0.15, -0.1) is 0 Å². The number of carbonyl (C=O) groups is 2. The number of nitrogens with one attached hydrogen (secondary N) is 2. The molecule has 122 valence electrons. The molecule has 0 saturated carbocycles. The molecule has 0 bridgehead atoms. The Kier molecular flexibility index (Phi) is 6.56. The zero-order valence-corrected chi connectivity index (χ0v) is 13.1. The van der Waals surface area contributed by atoms with Crippen molar-refractivity contribution in [1.29, 1.82) is 0 Å². The first-order valence-corrected chi connectivity index (χ1v) is 8.40. The van der Waals surface area contributed by atoms with Crippen LogP contribution >= 0.6 is 0 Å². The summed E-state index contributed by atoms with van der Waals surface area (Å²) < 4.78 is 27.4. The van der Waals surface area contributed by atoms with Gasteiger partial charge < -0.3 is 10.4 Å². The Morgan fingerprint density at radius 3 is 2.62 bits per heavy atom. The Bertz CT molecular complexity index is 477. The number of amides is 1. The Hall–Kier alpha value is -1.19. The van der Waals surface area contributed by atoms with Crippen molar-refractivity contribution in [1.82, 2.24) is 14.3 Å². The van der Waals surface area contributed by atoms with Gasteiger partial charge in [-0.2, -0.15) is 17.4 Å². The molecule has 8 nitrogen and oxygen atoms in total. The number of carboxylic acids is 1. The highest BCUT2D eigenvalue weighted by Gasteiger charge is 2.32. The number of carbonyl (C=O) groups excluding carboxylic acids is 1. The molecule has 3 N–H and O–H groups in total. The van der Waals surface area contributed by atoms with Crippen LogP contribution in [0.25, 0.3) is 0 Å². The van der Waals surface area contributed by atoms with Crippen LogP contribution in [0.1, 0.15) is 26.7 Å². The maximum absolute atomic E-state index is 12.0. The van der Waals surface area contributed by atoms with Gasteiger partial charge >= 0.3 is 5.97 Å². The molecule has 1 heterocycles. The minimum atomic E-state index is -3.82. The third-order valence-corrected chi connectivity index (χ3v) is 4.72. The Balaban J connectivity index is 2.49. The van der Waals surface area contributed by atoms with Crippen molar-refractivity contribution < 1.29 is 23.1 Å². The Morgan fingerprint density at radius 2 is 2.05 bits per heavy atom. The van der Waals surface area contributed by atoms with E-state index in [4.69, 9.17) is 5.11 Å². The summed E-state index contributed by atoms with van der Waals surface area (Å²) >= 11 is 0. The topological polar surface area (TPSA) is 116 Å². The monoisotopic (exact) mass is 321 g/mol. The standard InChI is InChI=1S/C12H23N3O5S/c1-9(2)6-13-11(16)7-14-21(19,20)15-5-3-4-10(8-15)12(17)18/h9-10,14H,3-8H2,1-2H3,(H,13,16)(H,17,18). The summed E-state index contributed by atoms with van der Waals surface area (Å²) in [4.78, 5) is 22.4. The molecule has 1 aliphatic heterocycles. The molecule has 0 radical (unpaired) electrons. The predicted molar refractivity (Wildman–Crippen MR) is 76.7 cm³/mol. The first-order chi connectivity index (χ1) is 9.72. The molecule has 9 heteroatoms. The molecule has 1 atom stereocenters. The first kappa shape index (κ1) is 17.9. The minimum Gasteiger partial charge on any atom is -0.481 e. The fourth-order valence-electron chi connectivity index (χ4n) is 1.99. The number of hydrogen-bond donors (Lipinski definition) is 3. The zero-order chi connectivity index (χ0) is 16.0. The van der Waals surface area contributed by atoms with E-state index in [0.717, 1.165) is 4.31 Å². The van der Waals surface area contributed by atoms with Crippen LogP contribution in [0.4, 0.5) is 0 Å². The quantitative estimate of drug-likeness (QED) is 0.578. The summed E-state index contributed by atoms with van der Waals surface area (Å²) in [6.07, 6.45) is 0.966. The van der Waals surface area contributed by atoms with Crippen molar-refractivity contribution in [3.63, 3.8) is 0 Å². The number of piperidine rings is 1. The average molecular weight is 321 g/mol. The maximum atomic E-state index is 12.0.